The summed E-state index contributed by atoms with van der Waals surface area (Å²) in [6.07, 6.45) is 0. The summed E-state index contributed by atoms with van der Waals surface area (Å²) in [5.41, 5.74) is 0. The first-order valence-corrected chi connectivity index (χ1v) is 2.13. The molecule has 0 aliphatic carbocycles. The maximum absolute atomic E-state index is 5.14. The molecule has 0 rings (SSSR count). The molecule has 0 aromatic rings. The van der Waals surface area contributed by atoms with E-state index < -0.39 is 0 Å². The van der Waals surface area contributed by atoms with E-state index in [1.54, 1.807) is 6.92 Å². The van der Waals surface area contributed by atoms with Crippen molar-refractivity contribution in [3.05, 3.63) is 0 Å². The average molecular weight is 141 g/mol. The zero-order valence-corrected chi connectivity index (χ0v) is 4.76. The summed E-state index contributed by atoms with van der Waals surface area (Å²) in [6, 6.07) is 0. The third-order valence-electron chi connectivity index (χ3n) is 0. The van der Waals surface area contributed by atoms with Crippen molar-refractivity contribution in [2.75, 3.05) is 0 Å². The van der Waals surface area contributed by atoms with E-state index >= 15 is 0 Å². The Morgan fingerprint density at radius 2 is 2.00 bits per heavy atom. The molecule has 0 amide bonds. The molecule has 0 spiro atoms. The summed E-state index contributed by atoms with van der Waals surface area (Å²) >= 11 is 7.72. The molecule has 0 saturated carbocycles. The first kappa shape index (κ1) is 4.68. The van der Waals surface area contributed by atoms with Gasteiger partial charge in [0.25, 0.3) is 0 Å². The molecule has 0 saturated heterocycles. The van der Waals surface area contributed by atoms with Crippen molar-refractivity contribution in [2.45, 2.75) is 6.92 Å². The SMILES string of the molecule is CC(Cl)=[Se]. The zero-order valence-electron chi connectivity index (χ0n) is 2.29. The fourth-order valence-electron chi connectivity index (χ4n) is 0. The molecule has 0 nitrogen and oxygen atoms in total. The van der Waals surface area contributed by atoms with E-state index in [1.807, 2.05) is 0 Å². The minimum absolute atomic E-state index is 0.764. The van der Waals surface area contributed by atoms with Gasteiger partial charge in [-0.05, 0) is 0 Å². The van der Waals surface area contributed by atoms with Crippen molar-refractivity contribution in [1.29, 1.82) is 0 Å². The van der Waals surface area contributed by atoms with Crippen LogP contribution in [0.25, 0.3) is 0 Å². The summed E-state index contributed by atoms with van der Waals surface area (Å²) in [5, 5.41) is 0. The molecular formula is C2H3ClSe. The van der Waals surface area contributed by atoms with Crippen molar-refractivity contribution >= 4 is 31.1 Å². The average Bonchev–Trinajstić information content (AvgIpc) is 0.811. The Morgan fingerprint density at radius 3 is 2.00 bits per heavy atom. The van der Waals surface area contributed by atoms with Gasteiger partial charge in [0.05, 0.1) is 0 Å². The van der Waals surface area contributed by atoms with Gasteiger partial charge in [-0.2, -0.15) is 0 Å². The Hall–Kier alpha value is 0.679. The first-order chi connectivity index (χ1) is 1.73. The molecule has 0 radical (unpaired) electrons. The molecule has 2 heteroatoms. The predicted molar refractivity (Wildman–Crippen MR) is 22.3 cm³/mol. The monoisotopic (exact) mass is 142 g/mol. The second kappa shape index (κ2) is 1.95. The Balaban J connectivity index is 2.80. The van der Waals surface area contributed by atoms with Gasteiger partial charge in [-0.1, -0.05) is 0 Å². The Bertz CT molecular complexity index is 29.0. The van der Waals surface area contributed by atoms with Crippen LogP contribution < -0.4 is 0 Å². The molecule has 0 aliphatic heterocycles. The zero-order chi connectivity index (χ0) is 3.58. The first-order valence-electron chi connectivity index (χ1n) is 0.893. The van der Waals surface area contributed by atoms with E-state index in [9.17, 15) is 0 Å². The van der Waals surface area contributed by atoms with Crippen LogP contribution in [-0.2, 0) is 0 Å². The van der Waals surface area contributed by atoms with Crippen LogP contribution in [0.1, 0.15) is 6.92 Å². The van der Waals surface area contributed by atoms with Gasteiger partial charge in [0.15, 0.2) is 0 Å². The second-order valence-corrected chi connectivity index (χ2v) is 2.83. The minimum atomic E-state index is 0.764. The summed E-state index contributed by atoms with van der Waals surface area (Å²) in [5.74, 6) is 0. The van der Waals surface area contributed by atoms with Crippen molar-refractivity contribution in [3.8, 4) is 0 Å². The van der Waals surface area contributed by atoms with E-state index in [1.165, 1.54) is 0 Å². The van der Waals surface area contributed by atoms with E-state index in [0.717, 1.165) is 3.88 Å². The standard InChI is InChI=1S/C2H3ClSe/c1-2(3)4/h1H3. The van der Waals surface area contributed by atoms with Crippen LogP contribution in [0.5, 0.6) is 0 Å². The molecule has 0 aliphatic rings. The third-order valence-corrected chi connectivity index (χ3v) is 0. The normalized spacial score (nSPS) is 6.50. The summed E-state index contributed by atoms with van der Waals surface area (Å²) in [7, 11) is 0. The second-order valence-electron chi connectivity index (χ2n) is 0.470. The summed E-state index contributed by atoms with van der Waals surface area (Å²) in [6.45, 7) is 1.79. The van der Waals surface area contributed by atoms with Crippen LogP contribution in [0.4, 0.5) is 0 Å². The van der Waals surface area contributed by atoms with Gasteiger partial charge < -0.3 is 0 Å². The Labute approximate surface area is 38.5 Å². The maximum atomic E-state index is 5.14. The quantitative estimate of drug-likeness (QED) is 0.432. The number of rotatable bonds is 0. The van der Waals surface area contributed by atoms with Crippen LogP contribution in [0.15, 0.2) is 0 Å². The van der Waals surface area contributed by atoms with E-state index in [4.69, 9.17) is 11.6 Å². The van der Waals surface area contributed by atoms with Gasteiger partial charge >= 0.3 is 38.0 Å². The predicted octanol–water partition coefficient (Wildman–Crippen LogP) is 0.543. The fraction of sp³-hybridized carbons (Fsp3) is 0.500. The van der Waals surface area contributed by atoms with Crippen molar-refractivity contribution in [3.63, 3.8) is 0 Å². The Morgan fingerprint density at radius 1 is 2.00 bits per heavy atom. The van der Waals surface area contributed by atoms with Crippen molar-refractivity contribution in [2.24, 2.45) is 0 Å². The number of halogens is 1. The number of hydrogen-bond donors (Lipinski definition) is 0. The van der Waals surface area contributed by atoms with E-state index in [0.29, 0.717) is 0 Å². The molecule has 0 unspecified atom stereocenters. The summed E-state index contributed by atoms with van der Waals surface area (Å²) in [4.78, 5) is 0. The van der Waals surface area contributed by atoms with Gasteiger partial charge in [-0.15, -0.1) is 0 Å². The van der Waals surface area contributed by atoms with Gasteiger partial charge in [0.2, 0.25) is 0 Å². The van der Waals surface area contributed by atoms with Crippen LogP contribution in [-0.4, -0.2) is 19.5 Å². The third kappa shape index (κ3) is 16.4. The Kier molecular flexibility index (Phi) is 2.28. The van der Waals surface area contributed by atoms with Gasteiger partial charge in [-0.3, -0.25) is 0 Å². The van der Waals surface area contributed by atoms with Crippen LogP contribution >= 0.6 is 11.6 Å². The van der Waals surface area contributed by atoms with Crippen LogP contribution in [0.3, 0.4) is 0 Å². The van der Waals surface area contributed by atoms with Crippen molar-refractivity contribution in [1.82, 2.24) is 0 Å². The van der Waals surface area contributed by atoms with Gasteiger partial charge in [0, 0.05) is 0 Å². The molecule has 0 atom stereocenters. The molecule has 0 aromatic heterocycles. The van der Waals surface area contributed by atoms with E-state index in [-0.39, 0.29) is 0 Å². The van der Waals surface area contributed by atoms with Crippen molar-refractivity contribution < 1.29 is 0 Å². The molecule has 0 bridgehead atoms. The molecule has 0 N–H and O–H groups in total. The van der Waals surface area contributed by atoms with Gasteiger partial charge in [-0.25, -0.2) is 0 Å². The molecule has 0 aromatic carbocycles. The fourth-order valence-corrected chi connectivity index (χ4v) is 0. The molecule has 24 valence electrons. The molecular weight excluding hydrogens is 138 g/mol. The molecule has 4 heavy (non-hydrogen) atoms. The molecule has 0 fully saturated rings. The van der Waals surface area contributed by atoms with Gasteiger partial charge in [0.1, 0.15) is 0 Å². The van der Waals surface area contributed by atoms with E-state index in [2.05, 4.69) is 15.6 Å². The topological polar surface area (TPSA) is 0 Å². The summed E-state index contributed by atoms with van der Waals surface area (Å²) < 4.78 is 0.764. The van der Waals surface area contributed by atoms with Crippen LogP contribution in [0, 0.1) is 0 Å². The van der Waals surface area contributed by atoms with Crippen LogP contribution in [0.2, 0.25) is 0 Å². The molecule has 0 heterocycles. The number of hydrogen-bond acceptors (Lipinski definition) is 0.